The molecule has 1 fully saturated rings. The van der Waals surface area contributed by atoms with Crippen LogP contribution in [0.5, 0.6) is 0 Å². The quantitative estimate of drug-likeness (QED) is 0.721. The molecule has 0 N–H and O–H groups in total. The molecule has 2 aliphatic rings. The van der Waals surface area contributed by atoms with E-state index in [0.717, 1.165) is 40.8 Å². The van der Waals surface area contributed by atoms with Crippen molar-refractivity contribution in [2.75, 3.05) is 37.7 Å². The van der Waals surface area contributed by atoms with Crippen molar-refractivity contribution in [2.45, 2.75) is 18.2 Å². The molecule has 2 aromatic carbocycles. The van der Waals surface area contributed by atoms with E-state index in [9.17, 15) is 22.0 Å². The summed E-state index contributed by atoms with van der Waals surface area (Å²) in [4.78, 5) is 13.7. The third-order valence-electron chi connectivity index (χ3n) is 5.43. The van der Waals surface area contributed by atoms with E-state index in [0.29, 0.717) is 11.6 Å². The molecule has 2 aromatic rings. The molecule has 10 heteroatoms. The lowest BCUT2D eigenvalue weighted by Crippen LogP contribution is -2.50. The topological polar surface area (TPSA) is 73.3 Å². The van der Waals surface area contributed by atoms with Gasteiger partial charge in [-0.25, -0.2) is 17.2 Å². The molecule has 0 radical (unpaired) electrons. The monoisotopic (exact) mass is 448 g/mol. The molecule has 2 heterocycles. The van der Waals surface area contributed by atoms with E-state index in [4.69, 9.17) is 0 Å². The summed E-state index contributed by atoms with van der Waals surface area (Å²) in [5.41, 5.74) is 2.46. The lowest BCUT2D eigenvalue weighted by molar-refractivity contribution is 0.0697. The molecule has 0 unspecified atom stereocenters. The highest BCUT2D eigenvalue weighted by Gasteiger charge is 2.32. The minimum absolute atomic E-state index is 0.00385. The maximum atomic E-state index is 14.0. The Labute approximate surface area is 179 Å². The van der Waals surface area contributed by atoms with Gasteiger partial charge in [-0.05, 0) is 49.4 Å². The van der Waals surface area contributed by atoms with Crippen molar-refractivity contribution < 1.29 is 22.0 Å². The zero-order chi connectivity index (χ0) is 22.2. The molecule has 1 saturated heterocycles. The van der Waals surface area contributed by atoms with Crippen molar-refractivity contribution in [1.29, 1.82) is 0 Å². The fourth-order valence-corrected chi connectivity index (χ4v) is 5.16. The second-order valence-corrected chi connectivity index (χ2v) is 9.43. The summed E-state index contributed by atoms with van der Waals surface area (Å²) in [6, 6.07) is 9.47. The number of amides is 1. The molecule has 164 valence electrons. The van der Waals surface area contributed by atoms with Crippen LogP contribution in [0.25, 0.3) is 0 Å². The number of hydrogen-bond acceptors (Lipinski definition) is 5. The molecule has 4 rings (SSSR count). The van der Waals surface area contributed by atoms with Gasteiger partial charge in [0.1, 0.15) is 16.5 Å². The minimum atomic E-state index is -4.19. The van der Waals surface area contributed by atoms with Gasteiger partial charge in [-0.3, -0.25) is 9.80 Å². The van der Waals surface area contributed by atoms with Crippen molar-refractivity contribution in [3.63, 3.8) is 0 Å². The number of piperazine rings is 1. The first kappa shape index (κ1) is 21.4. The Morgan fingerprint density at radius 1 is 0.968 bits per heavy atom. The predicted octanol–water partition coefficient (Wildman–Crippen LogP) is 2.70. The molecule has 2 aliphatic heterocycles. The Kier molecular flexibility index (Phi) is 5.76. The predicted molar refractivity (Wildman–Crippen MR) is 113 cm³/mol. The summed E-state index contributed by atoms with van der Waals surface area (Å²) >= 11 is 0. The molecule has 0 bridgehead atoms. The first-order valence-electron chi connectivity index (χ1n) is 9.92. The molecule has 0 spiro atoms. The first-order valence-corrected chi connectivity index (χ1v) is 11.4. The molecular weight excluding hydrogens is 426 g/mol. The number of sulfonamides is 1. The Balaban J connectivity index is 1.41. The minimum Gasteiger partial charge on any atom is -0.336 e. The molecule has 31 heavy (non-hydrogen) atoms. The Morgan fingerprint density at radius 3 is 2.26 bits per heavy atom. The normalized spacial score (nSPS) is 17.7. The first-order chi connectivity index (χ1) is 14.8. The average Bonchev–Trinajstić information content (AvgIpc) is 3.21. The SMILES string of the molecule is CC1=NN(c2ccc(C(=O)N3CCN(S(=O)(=O)c4cc(F)ccc4F)CC3)cc2)CC1. The van der Waals surface area contributed by atoms with Crippen LogP contribution in [0.2, 0.25) is 0 Å². The molecule has 0 aliphatic carbocycles. The van der Waals surface area contributed by atoms with E-state index in [1.54, 1.807) is 17.0 Å². The number of carbonyl (C=O) groups excluding carboxylic acids is 1. The van der Waals surface area contributed by atoms with Gasteiger partial charge in [0, 0.05) is 50.4 Å². The van der Waals surface area contributed by atoms with E-state index in [2.05, 4.69) is 5.10 Å². The summed E-state index contributed by atoms with van der Waals surface area (Å²) in [6.45, 7) is 3.11. The Morgan fingerprint density at radius 2 is 1.65 bits per heavy atom. The van der Waals surface area contributed by atoms with Crippen LogP contribution in [0.1, 0.15) is 23.7 Å². The van der Waals surface area contributed by atoms with Gasteiger partial charge >= 0.3 is 0 Å². The summed E-state index contributed by atoms with van der Waals surface area (Å²) < 4.78 is 53.9. The smallest absolute Gasteiger partial charge is 0.253 e. The molecule has 0 aromatic heterocycles. The number of halogens is 2. The average molecular weight is 448 g/mol. The third kappa shape index (κ3) is 4.31. The molecule has 1 amide bonds. The van der Waals surface area contributed by atoms with Crippen LogP contribution in [0.3, 0.4) is 0 Å². The maximum Gasteiger partial charge on any atom is 0.253 e. The van der Waals surface area contributed by atoms with Crippen molar-refractivity contribution >= 4 is 27.3 Å². The van der Waals surface area contributed by atoms with Gasteiger partial charge in [0.15, 0.2) is 0 Å². The molecule has 0 saturated carbocycles. The molecule has 0 atom stereocenters. The van der Waals surface area contributed by atoms with Crippen LogP contribution < -0.4 is 5.01 Å². The summed E-state index contributed by atoms with van der Waals surface area (Å²) in [7, 11) is -4.19. The number of rotatable bonds is 4. The van der Waals surface area contributed by atoms with Crippen LogP contribution in [-0.2, 0) is 10.0 Å². The van der Waals surface area contributed by atoms with E-state index in [-0.39, 0.29) is 32.1 Å². The van der Waals surface area contributed by atoms with Gasteiger partial charge in [-0.1, -0.05) is 0 Å². The summed E-state index contributed by atoms with van der Waals surface area (Å²) in [6.07, 6.45) is 0.910. The van der Waals surface area contributed by atoms with Crippen molar-refractivity contribution in [1.82, 2.24) is 9.21 Å². The highest BCUT2D eigenvalue weighted by Crippen LogP contribution is 2.23. The molecular formula is C21H22F2N4O3S. The van der Waals surface area contributed by atoms with Crippen LogP contribution in [0.15, 0.2) is 52.5 Å². The summed E-state index contributed by atoms with van der Waals surface area (Å²) in [5.74, 6) is -2.04. The largest absolute Gasteiger partial charge is 0.336 e. The van der Waals surface area contributed by atoms with Gasteiger partial charge < -0.3 is 4.90 Å². The number of anilines is 1. The number of hydrogen-bond donors (Lipinski definition) is 0. The maximum absolute atomic E-state index is 14.0. The molecule has 7 nitrogen and oxygen atoms in total. The van der Waals surface area contributed by atoms with E-state index < -0.39 is 26.6 Å². The van der Waals surface area contributed by atoms with Gasteiger partial charge in [-0.15, -0.1) is 0 Å². The van der Waals surface area contributed by atoms with E-state index >= 15 is 0 Å². The number of nitrogens with zero attached hydrogens (tertiary/aromatic N) is 4. The summed E-state index contributed by atoms with van der Waals surface area (Å²) in [5, 5.41) is 6.32. The van der Waals surface area contributed by atoms with Crippen LogP contribution in [0.4, 0.5) is 14.5 Å². The van der Waals surface area contributed by atoms with E-state index in [1.165, 1.54) is 0 Å². The van der Waals surface area contributed by atoms with Gasteiger partial charge in [0.25, 0.3) is 5.91 Å². The van der Waals surface area contributed by atoms with Crippen LogP contribution in [0, 0.1) is 11.6 Å². The van der Waals surface area contributed by atoms with Gasteiger partial charge in [0.2, 0.25) is 10.0 Å². The Hall–Kier alpha value is -2.85. The lowest BCUT2D eigenvalue weighted by Gasteiger charge is -2.34. The van der Waals surface area contributed by atoms with Crippen LogP contribution >= 0.6 is 0 Å². The zero-order valence-corrected chi connectivity index (χ0v) is 17.8. The Bertz CT molecular complexity index is 1130. The number of hydrazone groups is 1. The van der Waals surface area contributed by atoms with Crippen molar-refractivity contribution in [2.24, 2.45) is 5.10 Å². The van der Waals surface area contributed by atoms with Gasteiger partial charge in [-0.2, -0.15) is 9.41 Å². The fraction of sp³-hybridized carbons (Fsp3) is 0.333. The standard InChI is InChI=1S/C21H22F2N4O3S/c1-15-8-9-27(24-15)18-5-2-16(3-6-18)21(28)25-10-12-26(13-11-25)31(29,30)20-14-17(22)4-7-19(20)23/h2-7,14H,8-13H2,1H3. The highest BCUT2D eigenvalue weighted by molar-refractivity contribution is 7.89. The third-order valence-corrected chi connectivity index (χ3v) is 7.34. The lowest BCUT2D eigenvalue weighted by atomic mass is 10.1. The van der Waals surface area contributed by atoms with Crippen LogP contribution in [-0.4, -0.2) is 62.0 Å². The zero-order valence-electron chi connectivity index (χ0n) is 17.0. The van der Waals surface area contributed by atoms with Crippen molar-refractivity contribution in [3.05, 3.63) is 59.7 Å². The highest BCUT2D eigenvalue weighted by atomic mass is 32.2. The number of benzene rings is 2. The van der Waals surface area contributed by atoms with Crippen molar-refractivity contribution in [3.8, 4) is 0 Å². The van der Waals surface area contributed by atoms with Gasteiger partial charge in [0.05, 0.1) is 5.69 Å². The second-order valence-electron chi connectivity index (χ2n) is 7.53. The van der Waals surface area contributed by atoms with E-state index in [1.807, 2.05) is 24.1 Å². The second kappa shape index (κ2) is 8.35. The fourth-order valence-electron chi connectivity index (χ4n) is 3.66. The number of carbonyl (C=O) groups is 1.